The molecule has 1 aromatic rings. The summed E-state index contributed by atoms with van der Waals surface area (Å²) in [5, 5.41) is 0. The van der Waals surface area contributed by atoms with Crippen LogP contribution >= 0.6 is 11.9 Å². The van der Waals surface area contributed by atoms with E-state index in [0.717, 1.165) is 6.04 Å². The molecule has 3 saturated heterocycles. The molecule has 3 heterocycles. The third kappa shape index (κ3) is 4.53. The lowest BCUT2D eigenvalue weighted by Gasteiger charge is -2.34. The minimum atomic E-state index is 0.672. The van der Waals surface area contributed by atoms with Gasteiger partial charge < -0.3 is 9.62 Å². The molecule has 0 aromatic heterocycles. The van der Waals surface area contributed by atoms with Crippen molar-refractivity contribution in [3.8, 4) is 0 Å². The van der Waals surface area contributed by atoms with Crippen LogP contribution in [0.4, 0.5) is 5.69 Å². The van der Waals surface area contributed by atoms with Gasteiger partial charge in [-0.2, -0.15) is 0 Å². The Morgan fingerprint density at radius 1 is 0.880 bits per heavy atom. The Morgan fingerprint density at radius 2 is 1.68 bits per heavy atom. The first kappa shape index (κ1) is 17.7. The maximum atomic E-state index is 3.53. The van der Waals surface area contributed by atoms with Crippen LogP contribution in [0.15, 0.2) is 24.3 Å². The highest BCUT2D eigenvalue weighted by atomic mass is 32.2. The van der Waals surface area contributed by atoms with Gasteiger partial charge in [0.05, 0.1) is 0 Å². The molecular formula is C21H33N3S. The standard InChI is InChI=1S/C21H33N3S/c1-3-13-23(14-4-1)16-17-25-22-19-9-7-18(8-10-19)21-12-11-20-6-2-5-15-24(20)21/h7-10,20-22H,1-6,11-17H2. The molecule has 25 heavy (non-hydrogen) atoms. The van der Waals surface area contributed by atoms with E-state index in [0.29, 0.717) is 6.04 Å². The molecule has 2 atom stereocenters. The number of fused-ring (bicyclic) bond motifs is 1. The molecule has 0 saturated carbocycles. The van der Waals surface area contributed by atoms with E-state index in [-0.39, 0.29) is 0 Å². The van der Waals surface area contributed by atoms with Crippen molar-refractivity contribution in [2.75, 3.05) is 36.7 Å². The largest absolute Gasteiger partial charge is 0.330 e. The van der Waals surface area contributed by atoms with E-state index in [1.165, 1.54) is 94.5 Å². The van der Waals surface area contributed by atoms with Crippen molar-refractivity contribution in [1.82, 2.24) is 9.80 Å². The quantitative estimate of drug-likeness (QED) is 0.573. The predicted octanol–water partition coefficient (Wildman–Crippen LogP) is 4.92. The fraction of sp³-hybridized carbons (Fsp3) is 0.714. The van der Waals surface area contributed by atoms with E-state index in [2.05, 4.69) is 38.8 Å². The smallest absolute Gasteiger partial charge is 0.0440 e. The number of hydrogen-bond donors (Lipinski definition) is 1. The molecule has 4 heteroatoms. The first-order valence-corrected chi connectivity index (χ1v) is 11.3. The molecule has 2 unspecified atom stereocenters. The van der Waals surface area contributed by atoms with Gasteiger partial charge in [-0.3, -0.25) is 4.90 Å². The average molecular weight is 360 g/mol. The van der Waals surface area contributed by atoms with Crippen molar-refractivity contribution < 1.29 is 0 Å². The number of anilines is 1. The lowest BCUT2D eigenvalue weighted by Crippen LogP contribution is -2.35. The van der Waals surface area contributed by atoms with Crippen LogP contribution in [-0.2, 0) is 0 Å². The van der Waals surface area contributed by atoms with Crippen LogP contribution in [0.3, 0.4) is 0 Å². The highest BCUT2D eigenvalue weighted by Gasteiger charge is 2.35. The number of hydrogen-bond acceptors (Lipinski definition) is 4. The number of rotatable bonds is 6. The lowest BCUT2D eigenvalue weighted by molar-refractivity contribution is 0.150. The van der Waals surface area contributed by atoms with Crippen molar-refractivity contribution in [3.63, 3.8) is 0 Å². The van der Waals surface area contributed by atoms with Crippen molar-refractivity contribution >= 4 is 17.6 Å². The summed E-state index contributed by atoms with van der Waals surface area (Å²) in [5.74, 6) is 1.17. The highest BCUT2D eigenvalue weighted by molar-refractivity contribution is 8.00. The molecule has 0 spiro atoms. The van der Waals surface area contributed by atoms with Gasteiger partial charge >= 0.3 is 0 Å². The second-order valence-corrected chi connectivity index (χ2v) is 8.86. The number of benzene rings is 1. The van der Waals surface area contributed by atoms with Crippen molar-refractivity contribution in [1.29, 1.82) is 0 Å². The van der Waals surface area contributed by atoms with Crippen LogP contribution in [-0.4, -0.2) is 47.8 Å². The molecule has 3 fully saturated rings. The third-order valence-electron chi connectivity index (χ3n) is 6.29. The summed E-state index contributed by atoms with van der Waals surface area (Å²) in [7, 11) is 0. The Balaban J connectivity index is 1.23. The monoisotopic (exact) mass is 359 g/mol. The molecule has 0 bridgehead atoms. The Kier molecular flexibility index (Phi) is 6.22. The molecule has 3 aliphatic rings. The van der Waals surface area contributed by atoms with E-state index in [1.54, 1.807) is 0 Å². The van der Waals surface area contributed by atoms with E-state index in [4.69, 9.17) is 0 Å². The SMILES string of the molecule is c1cc(C2CCC3CCCCN32)ccc1NSCCN1CCCCC1. The topological polar surface area (TPSA) is 18.5 Å². The molecular weight excluding hydrogens is 326 g/mol. The van der Waals surface area contributed by atoms with E-state index in [1.807, 2.05) is 11.9 Å². The zero-order chi connectivity index (χ0) is 16.9. The summed E-state index contributed by atoms with van der Waals surface area (Å²) < 4.78 is 3.53. The Bertz CT molecular complexity index is 526. The van der Waals surface area contributed by atoms with Crippen molar-refractivity contribution in [2.45, 2.75) is 63.5 Å². The number of likely N-dealkylation sites (tertiary alicyclic amines) is 1. The van der Waals surface area contributed by atoms with Gasteiger partial charge in [0.25, 0.3) is 0 Å². The highest BCUT2D eigenvalue weighted by Crippen LogP contribution is 2.40. The maximum Gasteiger partial charge on any atom is 0.0440 e. The molecule has 4 rings (SSSR count). The van der Waals surface area contributed by atoms with Gasteiger partial charge in [0.2, 0.25) is 0 Å². The Labute approximate surface area is 157 Å². The van der Waals surface area contributed by atoms with Crippen LogP contribution in [0.2, 0.25) is 0 Å². The molecule has 3 nitrogen and oxygen atoms in total. The average Bonchev–Trinajstić information content (AvgIpc) is 3.11. The summed E-state index contributed by atoms with van der Waals surface area (Å²) in [6.45, 7) is 5.12. The summed E-state index contributed by atoms with van der Waals surface area (Å²) in [6, 6.07) is 10.8. The normalized spacial score (nSPS) is 28.0. The van der Waals surface area contributed by atoms with Gasteiger partial charge in [-0.25, -0.2) is 0 Å². The number of nitrogens with one attached hydrogen (secondary N) is 1. The van der Waals surface area contributed by atoms with Crippen molar-refractivity contribution in [3.05, 3.63) is 29.8 Å². The van der Waals surface area contributed by atoms with Crippen molar-refractivity contribution in [2.24, 2.45) is 0 Å². The van der Waals surface area contributed by atoms with Crippen LogP contribution in [0.25, 0.3) is 0 Å². The van der Waals surface area contributed by atoms with Crippen LogP contribution in [0.5, 0.6) is 0 Å². The minimum Gasteiger partial charge on any atom is -0.330 e. The van der Waals surface area contributed by atoms with Gasteiger partial charge in [0.1, 0.15) is 0 Å². The van der Waals surface area contributed by atoms with E-state index < -0.39 is 0 Å². The van der Waals surface area contributed by atoms with Gasteiger partial charge in [-0.1, -0.05) is 36.9 Å². The summed E-state index contributed by atoms with van der Waals surface area (Å²) >= 11 is 1.85. The molecule has 1 aromatic carbocycles. The van der Waals surface area contributed by atoms with Crippen LogP contribution in [0.1, 0.15) is 63.0 Å². The molecule has 0 aliphatic carbocycles. The van der Waals surface area contributed by atoms with Gasteiger partial charge in [0.15, 0.2) is 0 Å². The Morgan fingerprint density at radius 3 is 2.52 bits per heavy atom. The minimum absolute atomic E-state index is 0.672. The first-order chi connectivity index (χ1) is 12.4. The van der Waals surface area contributed by atoms with E-state index in [9.17, 15) is 0 Å². The summed E-state index contributed by atoms with van der Waals surface area (Å²) in [5.41, 5.74) is 2.77. The third-order valence-corrected chi connectivity index (χ3v) is 7.06. The van der Waals surface area contributed by atoms with E-state index >= 15 is 0 Å². The number of piperidine rings is 2. The lowest BCUT2D eigenvalue weighted by atomic mass is 10.0. The van der Waals surface area contributed by atoms with Crippen LogP contribution in [0, 0.1) is 0 Å². The molecule has 0 radical (unpaired) electrons. The van der Waals surface area contributed by atoms with Gasteiger partial charge in [-0.15, -0.1) is 0 Å². The van der Waals surface area contributed by atoms with Gasteiger partial charge in [-0.05, 0) is 75.9 Å². The molecule has 0 amide bonds. The maximum absolute atomic E-state index is 3.53. The summed E-state index contributed by atoms with van der Waals surface area (Å²) in [6.07, 6.45) is 11.2. The number of nitrogens with zero attached hydrogens (tertiary/aromatic N) is 2. The molecule has 3 aliphatic heterocycles. The second-order valence-electron chi connectivity index (χ2n) is 7.96. The predicted molar refractivity (Wildman–Crippen MR) is 109 cm³/mol. The Hall–Kier alpha value is -0.710. The second kappa shape index (κ2) is 8.79. The zero-order valence-corrected chi connectivity index (χ0v) is 16.3. The van der Waals surface area contributed by atoms with Crippen LogP contribution < -0.4 is 4.72 Å². The molecule has 1 N–H and O–H groups in total. The fourth-order valence-corrected chi connectivity index (χ4v) is 5.64. The summed E-state index contributed by atoms with van der Waals surface area (Å²) in [4.78, 5) is 5.38. The first-order valence-electron chi connectivity index (χ1n) is 10.4. The molecule has 138 valence electrons. The zero-order valence-electron chi connectivity index (χ0n) is 15.5. The fourth-order valence-electron chi connectivity index (χ4n) is 4.88. The van der Waals surface area contributed by atoms with Gasteiger partial charge in [0, 0.05) is 30.1 Å².